The fourth-order valence-corrected chi connectivity index (χ4v) is 2.84. The molecule has 1 aromatic heterocycles. The Labute approximate surface area is 150 Å². The topological polar surface area (TPSA) is 93.6 Å². The van der Waals surface area contributed by atoms with Gasteiger partial charge >= 0.3 is 5.97 Å². The Morgan fingerprint density at radius 1 is 1.20 bits per heavy atom. The monoisotopic (exact) mass is 366 g/mol. The average molecular weight is 367 g/mol. The number of hydrogen-bond donors (Lipinski definition) is 2. The minimum absolute atomic E-state index is 0.0776. The van der Waals surface area contributed by atoms with Crippen molar-refractivity contribution in [3.05, 3.63) is 28.5 Å². The van der Waals surface area contributed by atoms with Gasteiger partial charge in [0, 0.05) is 17.3 Å². The summed E-state index contributed by atoms with van der Waals surface area (Å²) in [7, 11) is 4.49. The Bertz CT molecular complexity index is 801. The number of H-pyrrole nitrogens is 1. The molecule has 0 bridgehead atoms. The number of esters is 1. The predicted octanol–water partition coefficient (Wildman–Crippen LogP) is 3.54. The van der Waals surface area contributed by atoms with Crippen molar-refractivity contribution in [3.8, 4) is 28.4 Å². The van der Waals surface area contributed by atoms with Crippen LogP contribution in [0.3, 0.4) is 0 Å². The molecule has 0 aliphatic rings. The summed E-state index contributed by atoms with van der Waals surface area (Å²) in [6, 6.07) is 3.41. The van der Waals surface area contributed by atoms with Crippen LogP contribution in [-0.4, -0.2) is 45.1 Å². The molecule has 0 saturated heterocycles. The maximum Gasteiger partial charge on any atom is 0.356 e. The number of aromatic amines is 1. The van der Waals surface area contributed by atoms with E-state index in [1.54, 1.807) is 19.1 Å². The van der Waals surface area contributed by atoms with Gasteiger partial charge in [-0.15, -0.1) is 0 Å². The van der Waals surface area contributed by atoms with Crippen LogP contribution in [0.15, 0.2) is 12.1 Å². The van der Waals surface area contributed by atoms with Crippen LogP contribution in [0, 0.1) is 5.41 Å². The van der Waals surface area contributed by atoms with E-state index in [1.165, 1.54) is 21.3 Å². The van der Waals surface area contributed by atoms with Gasteiger partial charge in [0.25, 0.3) is 0 Å². The minimum Gasteiger partial charge on any atom is -0.493 e. The third-order valence-electron chi connectivity index (χ3n) is 3.57. The van der Waals surface area contributed by atoms with E-state index in [4.69, 9.17) is 36.0 Å². The van der Waals surface area contributed by atoms with Gasteiger partial charge in [-0.1, -0.05) is 11.6 Å². The second-order valence-corrected chi connectivity index (χ2v) is 5.23. The lowest BCUT2D eigenvalue weighted by Crippen LogP contribution is -2.05. The van der Waals surface area contributed by atoms with Gasteiger partial charge in [0.15, 0.2) is 11.5 Å². The van der Waals surface area contributed by atoms with E-state index in [9.17, 15) is 4.79 Å². The molecule has 1 aromatic carbocycles. The second kappa shape index (κ2) is 7.94. The summed E-state index contributed by atoms with van der Waals surface area (Å²) >= 11 is 6.41. The maximum absolute atomic E-state index is 12.1. The Balaban J connectivity index is 2.74. The molecule has 1 heterocycles. The first kappa shape index (κ1) is 18.7. The van der Waals surface area contributed by atoms with Crippen LogP contribution in [0.4, 0.5) is 0 Å². The Kier molecular flexibility index (Phi) is 5.93. The van der Waals surface area contributed by atoms with Gasteiger partial charge in [-0.25, -0.2) is 4.79 Å². The molecule has 0 aliphatic heterocycles. The van der Waals surface area contributed by atoms with Crippen LogP contribution in [0.2, 0.25) is 5.02 Å². The molecule has 25 heavy (non-hydrogen) atoms. The van der Waals surface area contributed by atoms with E-state index in [0.717, 1.165) is 6.21 Å². The lowest BCUT2D eigenvalue weighted by atomic mass is 10.0. The van der Waals surface area contributed by atoms with Crippen molar-refractivity contribution in [2.45, 2.75) is 6.92 Å². The number of hydrogen-bond acceptors (Lipinski definition) is 6. The standard InChI is InChI=1S/C17H19ClN2O5/c1-5-25-17(21)14-13(18)12(10(8-19)20-14)9-6-7-11(22-2)16(24-4)15(9)23-3/h6-8,19-20H,5H2,1-4H3. The first-order valence-electron chi connectivity index (χ1n) is 7.42. The number of ether oxygens (including phenoxy) is 4. The number of methoxy groups -OCH3 is 3. The third kappa shape index (κ3) is 3.28. The van der Waals surface area contributed by atoms with Crippen LogP contribution in [-0.2, 0) is 4.74 Å². The molecule has 0 radical (unpaired) electrons. The van der Waals surface area contributed by atoms with E-state index in [2.05, 4.69) is 4.98 Å². The Hall–Kier alpha value is -2.67. The van der Waals surface area contributed by atoms with E-state index in [1.807, 2.05) is 0 Å². The molecule has 8 heteroatoms. The molecular weight excluding hydrogens is 348 g/mol. The summed E-state index contributed by atoms with van der Waals surface area (Å²) in [5.74, 6) is 0.646. The molecule has 2 N–H and O–H groups in total. The van der Waals surface area contributed by atoms with Crippen molar-refractivity contribution < 1.29 is 23.7 Å². The average Bonchev–Trinajstić information content (AvgIpc) is 2.96. The molecule has 0 saturated carbocycles. The van der Waals surface area contributed by atoms with Gasteiger partial charge in [0.2, 0.25) is 5.75 Å². The SMILES string of the molecule is CCOC(=O)c1[nH]c(C=N)c(-c2ccc(OC)c(OC)c2OC)c1Cl. The van der Waals surface area contributed by atoms with Gasteiger partial charge in [-0.05, 0) is 19.1 Å². The highest BCUT2D eigenvalue weighted by Crippen LogP contribution is 2.47. The molecule has 134 valence electrons. The molecule has 0 spiro atoms. The lowest BCUT2D eigenvalue weighted by molar-refractivity contribution is 0.0520. The summed E-state index contributed by atoms with van der Waals surface area (Å²) in [5.41, 5.74) is 1.42. The van der Waals surface area contributed by atoms with E-state index >= 15 is 0 Å². The van der Waals surface area contributed by atoms with Crippen LogP contribution < -0.4 is 14.2 Å². The predicted molar refractivity (Wildman–Crippen MR) is 94.7 cm³/mol. The molecule has 0 fully saturated rings. The summed E-state index contributed by atoms with van der Waals surface area (Å²) in [6.45, 7) is 1.91. The highest BCUT2D eigenvalue weighted by atomic mass is 35.5. The van der Waals surface area contributed by atoms with Gasteiger partial charge in [-0.3, -0.25) is 0 Å². The van der Waals surface area contributed by atoms with Gasteiger partial charge < -0.3 is 29.3 Å². The Morgan fingerprint density at radius 3 is 2.40 bits per heavy atom. The van der Waals surface area contributed by atoms with Crippen molar-refractivity contribution in [2.75, 3.05) is 27.9 Å². The van der Waals surface area contributed by atoms with Gasteiger partial charge in [-0.2, -0.15) is 0 Å². The van der Waals surface area contributed by atoms with Gasteiger partial charge in [0.1, 0.15) is 5.69 Å². The molecule has 0 unspecified atom stereocenters. The Morgan fingerprint density at radius 2 is 1.88 bits per heavy atom. The lowest BCUT2D eigenvalue weighted by Gasteiger charge is -2.16. The zero-order valence-electron chi connectivity index (χ0n) is 14.4. The highest BCUT2D eigenvalue weighted by molar-refractivity contribution is 6.37. The number of carbonyl (C=O) groups excluding carboxylic acids is 1. The number of halogens is 1. The summed E-state index contributed by atoms with van der Waals surface area (Å²) in [4.78, 5) is 14.9. The number of benzene rings is 1. The fourth-order valence-electron chi connectivity index (χ4n) is 2.51. The summed E-state index contributed by atoms with van der Waals surface area (Å²) < 4.78 is 21.1. The van der Waals surface area contributed by atoms with E-state index in [-0.39, 0.29) is 17.3 Å². The third-order valence-corrected chi connectivity index (χ3v) is 3.94. The van der Waals surface area contributed by atoms with Crippen LogP contribution in [0.25, 0.3) is 11.1 Å². The minimum atomic E-state index is -0.596. The van der Waals surface area contributed by atoms with Crippen molar-refractivity contribution in [1.82, 2.24) is 4.98 Å². The molecule has 0 atom stereocenters. The fraction of sp³-hybridized carbons (Fsp3) is 0.294. The zero-order chi connectivity index (χ0) is 18.6. The van der Waals surface area contributed by atoms with Crippen LogP contribution >= 0.6 is 11.6 Å². The summed E-state index contributed by atoms with van der Waals surface area (Å²) in [5, 5.41) is 7.77. The maximum atomic E-state index is 12.1. The van der Waals surface area contributed by atoms with Gasteiger partial charge in [0.05, 0.1) is 38.7 Å². The molecule has 2 rings (SSSR count). The van der Waals surface area contributed by atoms with Crippen molar-refractivity contribution in [1.29, 1.82) is 5.41 Å². The summed E-state index contributed by atoms with van der Waals surface area (Å²) in [6.07, 6.45) is 1.07. The zero-order valence-corrected chi connectivity index (χ0v) is 15.1. The second-order valence-electron chi connectivity index (χ2n) is 4.85. The highest BCUT2D eigenvalue weighted by Gasteiger charge is 2.26. The quantitative estimate of drug-likeness (QED) is 0.577. The molecule has 0 amide bonds. The molecular formula is C17H19ClN2O5. The number of aromatic nitrogens is 1. The normalized spacial score (nSPS) is 10.3. The smallest absolute Gasteiger partial charge is 0.356 e. The van der Waals surface area contributed by atoms with Crippen molar-refractivity contribution >= 4 is 23.8 Å². The first-order valence-corrected chi connectivity index (χ1v) is 7.80. The molecule has 0 aliphatic carbocycles. The van der Waals surface area contributed by atoms with E-state index < -0.39 is 5.97 Å². The number of nitrogens with one attached hydrogen (secondary N) is 2. The van der Waals surface area contributed by atoms with Crippen molar-refractivity contribution in [2.24, 2.45) is 0 Å². The first-order chi connectivity index (χ1) is 12.0. The molecule has 2 aromatic rings. The number of rotatable bonds is 7. The van der Waals surface area contributed by atoms with Crippen LogP contribution in [0.1, 0.15) is 23.1 Å². The van der Waals surface area contributed by atoms with Crippen LogP contribution in [0.5, 0.6) is 17.2 Å². The number of carbonyl (C=O) groups is 1. The van der Waals surface area contributed by atoms with Crippen molar-refractivity contribution in [3.63, 3.8) is 0 Å². The largest absolute Gasteiger partial charge is 0.493 e. The molecule has 7 nitrogen and oxygen atoms in total. The van der Waals surface area contributed by atoms with E-state index in [0.29, 0.717) is 34.1 Å².